The first-order valence-electron chi connectivity index (χ1n) is 10.2. The number of nitrogens with zero attached hydrogens (tertiary/aromatic N) is 1. The number of hydrogen-bond donors (Lipinski definition) is 2. The van der Waals surface area contributed by atoms with E-state index in [2.05, 4.69) is 10.6 Å². The van der Waals surface area contributed by atoms with Crippen molar-refractivity contribution in [2.45, 2.75) is 26.3 Å². The Balaban J connectivity index is 1.47. The van der Waals surface area contributed by atoms with E-state index in [0.717, 1.165) is 12.0 Å². The molecule has 2 aromatic rings. The maximum atomic E-state index is 12.3. The van der Waals surface area contributed by atoms with Crippen LogP contribution in [0.2, 0.25) is 0 Å². The SMILES string of the molecule is CCCNC(=O)[C@@H]1CC(=O)N(c2ccc(OCC(=O)NCc3ccccc3)cc2)C1. The predicted octanol–water partition coefficient (Wildman–Crippen LogP) is 2.26. The summed E-state index contributed by atoms with van der Waals surface area (Å²) in [5, 5.41) is 5.65. The van der Waals surface area contributed by atoms with Crippen LogP contribution in [0.3, 0.4) is 0 Å². The fourth-order valence-electron chi connectivity index (χ4n) is 3.24. The second kappa shape index (κ2) is 10.4. The van der Waals surface area contributed by atoms with Crippen LogP contribution in [0.1, 0.15) is 25.3 Å². The topological polar surface area (TPSA) is 87.7 Å². The van der Waals surface area contributed by atoms with E-state index in [0.29, 0.717) is 31.1 Å². The highest BCUT2D eigenvalue weighted by Crippen LogP contribution is 2.27. The van der Waals surface area contributed by atoms with Gasteiger partial charge in [-0.2, -0.15) is 0 Å². The Labute approximate surface area is 176 Å². The summed E-state index contributed by atoms with van der Waals surface area (Å²) in [4.78, 5) is 38.0. The van der Waals surface area contributed by atoms with Crippen molar-refractivity contribution in [1.82, 2.24) is 10.6 Å². The van der Waals surface area contributed by atoms with E-state index in [1.807, 2.05) is 37.3 Å². The predicted molar refractivity (Wildman–Crippen MR) is 114 cm³/mol. The molecular weight excluding hydrogens is 382 g/mol. The van der Waals surface area contributed by atoms with Crippen LogP contribution in [0.25, 0.3) is 0 Å². The molecule has 0 saturated carbocycles. The average molecular weight is 409 g/mol. The van der Waals surface area contributed by atoms with Gasteiger partial charge >= 0.3 is 0 Å². The Morgan fingerprint density at radius 3 is 2.50 bits per heavy atom. The minimum Gasteiger partial charge on any atom is -0.484 e. The van der Waals surface area contributed by atoms with Gasteiger partial charge in [0.25, 0.3) is 5.91 Å². The van der Waals surface area contributed by atoms with Crippen molar-refractivity contribution in [1.29, 1.82) is 0 Å². The number of carbonyl (C=O) groups excluding carboxylic acids is 3. The van der Waals surface area contributed by atoms with Gasteiger partial charge in [0.1, 0.15) is 5.75 Å². The smallest absolute Gasteiger partial charge is 0.258 e. The molecule has 1 fully saturated rings. The fourth-order valence-corrected chi connectivity index (χ4v) is 3.24. The van der Waals surface area contributed by atoms with E-state index < -0.39 is 0 Å². The first kappa shape index (κ1) is 21.4. The van der Waals surface area contributed by atoms with Crippen LogP contribution in [0.15, 0.2) is 54.6 Å². The summed E-state index contributed by atoms with van der Waals surface area (Å²) in [6.07, 6.45) is 1.08. The highest BCUT2D eigenvalue weighted by Gasteiger charge is 2.34. The van der Waals surface area contributed by atoms with Crippen LogP contribution in [0.4, 0.5) is 5.69 Å². The fraction of sp³-hybridized carbons (Fsp3) is 0.348. The number of carbonyl (C=O) groups is 3. The van der Waals surface area contributed by atoms with Gasteiger partial charge in [-0.1, -0.05) is 37.3 Å². The zero-order valence-electron chi connectivity index (χ0n) is 17.1. The molecular formula is C23H27N3O4. The number of ether oxygens (including phenoxy) is 1. The molecule has 1 atom stereocenters. The molecule has 0 aromatic heterocycles. The van der Waals surface area contributed by atoms with Crippen LogP contribution in [0, 0.1) is 5.92 Å². The molecule has 1 heterocycles. The third-order valence-corrected chi connectivity index (χ3v) is 4.90. The minimum absolute atomic E-state index is 0.0689. The van der Waals surface area contributed by atoms with Gasteiger partial charge in [-0.05, 0) is 36.2 Å². The lowest BCUT2D eigenvalue weighted by molar-refractivity contribution is -0.126. The van der Waals surface area contributed by atoms with Gasteiger partial charge < -0.3 is 20.3 Å². The lowest BCUT2D eigenvalue weighted by atomic mass is 10.1. The van der Waals surface area contributed by atoms with Gasteiger partial charge in [0.15, 0.2) is 6.61 Å². The Morgan fingerprint density at radius 1 is 1.07 bits per heavy atom. The zero-order chi connectivity index (χ0) is 21.3. The summed E-state index contributed by atoms with van der Waals surface area (Å²) in [6.45, 7) is 3.34. The maximum Gasteiger partial charge on any atom is 0.258 e. The second-order valence-corrected chi connectivity index (χ2v) is 7.24. The number of rotatable bonds is 9. The van der Waals surface area contributed by atoms with E-state index in [1.54, 1.807) is 29.2 Å². The molecule has 158 valence electrons. The third-order valence-electron chi connectivity index (χ3n) is 4.90. The van der Waals surface area contributed by atoms with E-state index in [-0.39, 0.29) is 36.7 Å². The number of benzene rings is 2. The molecule has 0 radical (unpaired) electrons. The van der Waals surface area contributed by atoms with Crippen molar-refractivity contribution in [3.05, 3.63) is 60.2 Å². The number of anilines is 1. The quantitative estimate of drug-likeness (QED) is 0.665. The van der Waals surface area contributed by atoms with Crippen molar-refractivity contribution in [2.75, 3.05) is 24.6 Å². The van der Waals surface area contributed by atoms with E-state index >= 15 is 0 Å². The molecule has 0 unspecified atom stereocenters. The van der Waals surface area contributed by atoms with E-state index in [4.69, 9.17) is 4.74 Å². The Morgan fingerprint density at radius 2 is 1.80 bits per heavy atom. The molecule has 0 bridgehead atoms. The molecule has 3 rings (SSSR count). The summed E-state index contributed by atoms with van der Waals surface area (Å²) in [6, 6.07) is 16.6. The minimum atomic E-state index is -0.326. The van der Waals surface area contributed by atoms with Crippen LogP contribution >= 0.6 is 0 Å². The van der Waals surface area contributed by atoms with Gasteiger partial charge in [0.2, 0.25) is 11.8 Å². The second-order valence-electron chi connectivity index (χ2n) is 7.24. The summed E-state index contributed by atoms with van der Waals surface area (Å²) in [7, 11) is 0. The monoisotopic (exact) mass is 409 g/mol. The molecule has 1 saturated heterocycles. The van der Waals surface area contributed by atoms with Crippen molar-refractivity contribution in [2.24, 2.45) is 5.92 Å². The molecule has 3 amide bonds. The molecule has 0 spiro atoms. The Hall–Kier alpha value is -3.35. The summed E-state index contributed by atoms with van der Waals surface area (Å²) >= 11 is 0. The van der Waals surface area contributed by atoms with E-state index in [9.17, 15) is 14.4 Å². The summed E-state index contributed by atoms with van der Waals surface area (Å²) in [5.41, 5.74) is 1.74. The van der Waals surface area contributed by atoms with Gasteiger partial charge in [0.05, 0.1) is 5.92 Å². The molecule has 2 N–H and O–H groups in total. The average Bonchev–Trinajstić information content (AvgIpc) is 3.17. The van der Waals surface area contributed by atoms with Crippen LogP contribution in [0.5, 0.6) is 5.75 Å². The molecule has 7 nitrogen and oxygen atoms in total. The highest BCUT2D eigenvalue weighted by atomic mass is 16.5. The molecule has 30 heavy (non-hydrogen) atoms. The van der Waals surface area contributed by atoms with Crippen molar-refractivity contribution in [3.63, 3.8) is 0 Å². The highest BCUT2D eigenvalue weighted by molar-refractivity contribution is 6.00. The first-order valence-corrected chi connectivity index (χ1v) is 10.2. The summed E-state index contributed by atoms with van der Waals surface area (Å²) in [5.74, 6) is -0.140. The lowest BCUT2D eigenvalue weighted by Gasteiger charge is -2.17. The van der Waals surface area contributed by atoms with Crippen molar-refractivity contribution in [3.8, 4) is 5.75 Å². The van der Waals surface area contributed by atoms with Crippen LogP contribution in [-0.4, -0.2) is 37.4 Å². The third kappa shape index (κ3) is 5.83. The number of nitrogens with one attached hydrogen (secondary N) is 2. The molecule has 1 aliphatic rings. The number of hydrogen-bond acceptors (Lipinski definition) is 4. The standard InChI is InChI=1S/C23H27N3O4/c1-2-12-24-23(29)18-13-22(28)26(15-18)19-8-10-20(11-9-19)30-16-21(27)25-14-17-6-4-3-5-7-17/h3-11,18H,2,12-16H2,1H3,(H,24,29)(H,25,27)/t18-/m1/s1. The van der Waals surface area contributed by atoms with Gasteiger partial charge in [-0.15, -0.1) is 0 Å². The maximum absolute atomic E-state index is 12.3. The van der Waals surface area contributed by atoms with Gasteiger partial charge in [-0.3, -0.25) is 14.4 Å². The summed E-state index contributed by atoms with van der Waals surface area (Å²) < 4.78 is 5.52. The molecule has 0 aliphatic carbocycles. The first-order chi connectivity index (χ1) is 14.6. The number of amides is 3. The Bertz CT molecular complexity index is 868. The molecule has 2 aromatic carbocycles. The lowest BCUT2D eigenvalue weighted by Crippen LogP contribution is -2.33. The van der Waals surface area contributed by atoms with E-state index in [1.165, 1.54) is 0 Å². The Kier molecular flexibility index (Phi) is 7.43. The molecule has 1 aliphatic heterocycles. The van der Waals surface area contributed by atoms with Gasteiger partial charge in [-0.25, -0.2) is 0 Å². The van der Waals surface area contributed by atoms with Gasteiger partial charge in [0, 0.05) is 31.7 Å². The zero-order valence-corrected chi connectivity index (χ0v) is 17.1. The largest absolute Gasteiger partial charge is 0.484 e. The molecule has 7 heteroatoms. The van der Waals surface area contributed by atoms with Crippen molar-refractivity contribution >= 4 is 23.4 Å². The van der Waals surface area contributed by atoms with Crippen molar-refractivity contribution < 1.29 is 19.1 Å². The van der Waals surface area contributed by atoms with Crippen LogP contribution in [-0.2, 0) is 20.9 Å². The van der Waals surface area contributed by atoms with Crippen LogP contribution < -0.4 is 20.3 Å². The normalized spacial score (nSPS) is 15.7.